The number of aromatic nitrogens is 2. The normalized spacial score (nSPS) is 10.5. The van der Waals surface area contributed by atoms with Gasteiger partial charge >= 0.3 is 0 Å². The van der Waals surface area contributed by atoms with Crippen LogP contribution in [0.25, 0.3) is 11.3 Å². The molecule has 0 aliphatic rings. The number of anilines is 1. The molecule has 2 rings (SSSR count). The lowest BCUT2D eigenvalue weighted by Crippen LogP contribution is -2.05. The van der Waals surface area contributed by atoms with E-state index in [2.05, 4.69) is 12.0 Å². The van der Waals surface area contributed by atoms with Gasteiger partial charge in [-0.3, -0.25) is 14.9 Å². The van der Waals surface area contributed by atoms with Crippen LogP contribution in [0.4, 0.5) is 11.5 Å². The van der Waals surface area contributed by atoms with Crippen LogP contribution in [0.2, 0.25) is 0 Å². The molecule has 0 aliphatic heterocycles. The van der Waals surface area contributed by atoms with E-state index in [1.54, 1.807) is 16.8 Å². The smallest absolute Gasteiger partial charge is 0.269 e. The molecular weight excluding hydrogens is 272 g/mol. The molecule has 0 saturated heterocycles. The first-order valence-electron chi connectivity index (χ1n) is 6.64. The van der Waals surface area contributed by atoms with Crippen molar-refractivity contribution < 1.29 is 9.72 Å². The zero-order valence-corrected chi connectivity index (χ0v) is 11.7. The summed E-state index contributed by atoms with van der Waals surface area (Å²) in [5, 5.41) is 15.0. The van der Waals surface area contributed by atoms with Crippen molar-refractivity contribution in [1.82, 2.24) is 9.78 Å². The Hall–Kier alpha value is -2.70. The lowest BCUT2D eigenvalue weighted by Gasteiger charge is -2.01. The molecule has 1 aromatic carbocycles. The van der Waals surface area contributed by atoms with Gasteiger partial charge in [-0.15, -0.1) is 0 Å². The van der Waals surface area contributed by atoms with E-state index in [9.17, 15) is 14.9 Å². The number of unbranched alkanes of at least 4 members (excludes halogenated alkanes) is 1. The fraction of sp³-hybridized carbons (Fsp3) is 0.286. The fourth-order valence-corrected chi connectivity index (χ4v) is 2.04. The average molecular weight is 288 g/mol. The Kier molecular flexibility index (Phi) is 4.32. The first-order chi connectivity index (χ1) is 10.1. The van der Waals surface area contributed by atoms with Gasteiger partial charge in [-0.05, 0) is 18.6 Å². The van der Waals surface area contributed by atoms with Gasteiger partial charge in [0.2, 0.25) is 0 Å². The SMILES string of the molecule is CCCCn1nc(-c2ccc([N+](=O)[O-])cc2)c(C=O)c1N. The third-order valence-corrected chi connectivity index (χ3v) is 3.22. The molecule has 2 aromatic rings. The number of hydrogen-bond acceptors (Lipinski definition) is 5. The Morgan fingerprint density at radius 1 is 1.38 bits per heavy atom. The van der Waals surface area contributed by atoms with Crippen LogP contribution in [0.3, 0.4) is 0 Å². The van der Waals surface area contributed by atoms with Crippen LogP contribution in [-0.4, -0.2) is 21.0 Å². The van der Waals surface area contributed by atoms with E-state index in [0.717, 1.165) is 12.8 Å². The summed E-state index contributed by atoms with van der Waals surface area (Å²) in [5.41, 5.74) is 7.32. The third-order valence-electron chi connectivity index (χ3n) is 3.22. The van der Waals surface area contributed by atoms with Crippen molar-refractivity contribution in [2.24, 2.45) is 0 Å². The van der Waals surface area contributed by atoms with Crippen LogP contribution in [-0.2, 0) is 6.54 Å². The standard InChI is InChI=1S/C14H16N4O3/c1-2-3-8-17-14(15)12(9-19)13(16-17)10-4-6-11(7-5-10)18(20)21/h4-7,9H,2-3,8,15H2,1H3. The number of carbonyl (C=O) groups excluding carboxylic acids is 1. The summed E-state index contributed by atoms with van der Waals surface area (Å²) in [5.74, 6) is 0.326. The summed E-state index contributed by atoms with van der Waals surface area (Å²) in [6, 6.07) is 5.89. The minimum atomic E-state index is -0.474. The fourth-order valence-electron chi connectivity index (χ4n) is 2.04. The number of non-ortho nitro benzene ring substituents is 1. The molecule has 7 heteroatoms. The van der Waals surface area contributed by atoms with E-state index < -0.39 is 4.92 Å². The van der Waals surface area contributed by atoms with E-state index >= 15 is 0 Å². The molecule has 0 radical (unpaired) electrons. The van der Waals surface area contributed by atoms with Gasteiger partial charge in [0.15, 0.2) is 6.29 Å². The van der Waals surface area contributed by atoms with Crippen LogP contribution < -0.4 is 5.73 Å². The minimum absolute atomic E-state index is 0.00945. The number of aryl methyl sites for hydroxylation is 1. The second-order valence-corrected chi connectivity index (χ2v) is 4.65. The van der Waals surface area contributed by atoms with E-state index in [0.29, 0.717) is 35.5 Å². The summed E-state index contributed by atoms with van der Waals surface area (Å²) in [7, 11) is 0. The van der Waals surface area contributed by atoms with Crippen LogP contribution in [0.1, 0.15) is 30.1 Å². The Morgan fingerprint density at radius 2 is 2.05 bits per heavy atom. The Labute approximate surface area is 121 Å². The summed E-state index contributed by atoms with van der Waals surface area (Å²) >= 11 is 0. The average Bonchev–Trinajstić information content (AvgIpc) is 2.81. The van der Waals surface area contributed by atoms with Crippen LogP contribution in [0, 0.1) is 10.1 Å². The van der Waals surface area contributed by atoms with E-state index in [-0.39, 0.29) is 5.69 Å². The highest BCUT2D eigenvalue weighted by atomic mass is 16.6. The van der Waals surface area contributed by atoms with Crippen molar-refractivity contribution >= 4 is 17.8 Å². The predicted molar refractivity (Wildman–Crippen MR) is 79.0 cm³/mol. The van der Waals surface area contributed by atoms with Gasteiger partial charge in [-0.2, -0.15) is 5.10 Å². The number of benzene rings is 1. The lowest BCUT2D eigenvalue weighted by atomic mass is 10.1. The maximum Gasteiger partial charge on any atom is 0.269 e. The molecule has 2 N–H and O–H groups in total. The maximum atomic E-state index is 11.2. The van der Waals surface area contributed by atoms with Crippen molar-refractivity contribution in [1.29, 1.82) is 0 Å². The Morgan fingerprint density at radius 3 is 2.57 bits per heavy atom. The van der Waals surface area contributed by atoms with Gasteiger partial charge in [0.25, 0.3) is 5.69 Å². The van der Waals surface area contributed by atoms with Gasteiger partial charge in [0.05, 0.1) is 10.5 Å². The van der Waals surface area contributed by atoms with Crippen LogP contribution >= 0.6 is 0 Å². The second kappa shape index (κ2) is 6.17. The lowest BCUT2D eigenvalue weighted by molar-refractivity contribution is -0.384. The second-order valence-electron chi connectivity index (χ2n) is 4.65. The number of carbonyl (C=O) groups is 1. The van der Waals surface area contributed by atoms with Gasteiger partial charge in [0.1, 0.15) is 11.5 Å². The highest BCUT2D eigenvalue weighted by molar-refractivity contribution is 5.91. The summed E-state index contributed by atoms with van der Waals surface area (Å²) in [6.07, 6.45) is 2.56. The monoisotopic (exact) mass is 288 g/mol. The number of aldehydes is 1. The molecule has 0 atom stereocenters. The van der Waals surface area contributed by atoms with Gasteiger partial charge < -0.3 is 5.73 Å². The number of hydrogen-bond donors (Lipinski definition) is 1. The first-order valence-corrected chi connectivity index (χ1v) is 6.64. The molecule has 110 valence electrons. The molecule has 0 amide bonds. The van der Waals surface area contributed by atoms with Crippen molar-refractivity contribution in [3.63, 3.8) is 0 Å². The predicted octanol–water partition coefficient (Wildman–Crippen LogP) is 2.65. The number of nitro groups is 1. The molecule has 0 spiro atoms. The molecule has 21 heavy (non-hydrogen) atoms. The molecule has 0 fully saturated rings. The molecule has 0 aliphatic carbocycles. The molecule has 1 heterocycles. The largest absolute Gasteiger partial charge is 0.383 e. The minimum Gasteiger partial charge on any atom is -0.383 e. The number of rotatable bonds is 6. The van der Waals surface area contributed by atoms with E-state index in [1.165, 1.54) is 12.1 Å². The Bertz CT molecular complexity index is 662. The van der Waals surface area contributed by atoms with E-state index in [1.807, 2.05) is 0 Å². The summed E-state index contributed by atoms with van der Waals surface area (Å²) < 4.78 is 1.60. The van der Waals surface area contributed by atoms with Crippen molar-refractivity contribution in [2.45, 2.75) is 26.3 Å². The van der Waals surface area contributed by atoms with Gasteiger partial charge in [-0.25, -0.2) is 4.68 Å². The number of nitrogens with two attached hydrogens (primary N) is 1. The first kappa shape index (κ1) is 14.7. The summed E-state index contributed by atoms with van der Waals surface area (Å²) in [6.45, 7) is 2.69. The zero-order valence-electron chi connectivity index (χ0n) is 11.7. The van der Waals surface area contributed by atoms with Crippen molar-refractivity contribution in [3.8, 4) is 11.3 Å². The highest BCUT2D eigenvalue weighted by Crippen LogP contribution is 2.27. The summed E-state index contributed by atoms with van der Waals surface area (Å²) in [4.78, 5) is 21.4. The number of nitrogen functional groups attached to an aromatic ring is 1. The number of nitro benzene ring substituents is 1. The van der Waals surface area contributed by atoms with Crippen molar-refractivity contribution in [2.75, 3.05) is 5.73 Å². The van der Waals surface area contributed by atoms with E-state index in [4.69, 9.17) is 5.73 Å². The molecule has 0 bridgehead atoms. The quantitative estimate of drug-likeness (QED) is 0.500. The molecule has 0 saturated carbocycles. The molecule has 7 nitrogen and oxygen atoms in total. The Balaban J connectivity index is 2.42. The van der Waals surface area contributed by atoms with Gasteiger partial charge in [-0.1, -0.05) is 13.3 Å². The van der Waals surface area contributed by atoms with Crippen LogP contribution in [0.5, 0.6) is 0 Å². The highest BCUT2D eigenvalue weighted by Gasteiger charge is 2.17. The van der Waals surface area contributed by atoms with Crippen molar-refractivity contribution in [3.05, 3.63) is 39.9 Å². The topological polar surface area (TPSA) is 104 Å². The third kappa shape index (κ3) is 2.91. The van der Waals surface area contributed by atoms with Crippen LogP contribution in [0.15, 0.2) is 24.3 Å². The molecule has 1 aromatic heterocycles. The molecule has 0 unspecified atom stereocenters. The molecular formula is C14H16N4O3. The zero-order chi connectivity index (χ0) is 15.4. The van der Waals surface area contributed by atoms with Gasteiger partial charge in [0, 0.05) is 24.2 Å². The number of nitrogens with zero attached hydrogens (tertiary/aromatic N) is 3. The maximum absolute atomic E-state index is 11.2.